The van der Waals surface area contributed by atoms with Gasteiger partial charge in [0.2, 0.25) is 5.09 Å². The SMILES string of the molecule is Cn1ccnc1CNS(=O)(=O)c1ccc(CO)o1. The van der Waals surface area contributed by atoms with Gasteiger partial charge in [-0.2, -0.15) is 0 Å². The first-order chi connectivity index (χ1) is 8.53. The van der Waals surface area contributed by atoms with E-state index in [4.69, 9.17) is 9.52 Å². The topological polar surface area (TPSA) is 97.4 Å². The van der Waals surface area contributed by atoms with Crippen LogP contribution in [0.4, 0.5) is 0 Å². The van der Waals surface area contributed by atoms with Crippen molar-refractivity contribution in [2.45, 2.75) is 18.2 Å². The molecule has 0 aliphatic carbocycles. The molecule has 2 rings (SSSR count). The van der Waals surface area contributed by atoms with E-state index in [-0.39, 0.29) is 24.0 Å². The maximum Gasteiger partial charge on any atom is 0.274 e. The maximum absolute atomic E-state index is 11.8. The van der Waals surface area contributed by atoms with Crippen molar-refractivity contribution in [1.82, 2.24) is 14.3 Å². The number of rotatable bonds is 5. The van der Waals surface area contributed by atoms with Crippen molar-refractivity contribution < 1.29 is 17.9 Å². The zero-order valence-electron chi connectivity index (χ0n) is 9.70. The molecule has 0 fully saturated rings. The third-order valence-corrected chi connectivity index (χ3v) is 3.67. The minimum Gasteiger partial charge on any atom is -0.446 e. The van der Waals surface area contributed by atoms with Crippen molar-refractivity contribution in [2.24, 2.45) is 7.05 Å². The molecule has 2 aromatic heterocycles. The van der Waals surface area contributed by atoms with Crippen LogP contribution in [0.1, 0.15) is 11.6 Å². The summed E-state index contributed by atoms with van der Waals surface area (Å²) in [5, 5.41) is 8.59. The van der Waals surface area contributed by atoms with Gasteiger partial charge in [0.25, 0.3) is 10.0 Å². The largest absolute Gasteiger partial charge is 0.446 e. The van der Waals surface area contributed by atoms with Gasteiger partial charge >= 0.3 is 0 Å². The van der Waals surface area contributed by atoms with Crippen LogP contribution < -0.4 is 4.72 Å². The van der Waals surface area contributed by atoms with Gasteiger partial charge in [-0.3, -0.25) is 0 Å². The monoisotopic (exact) mass is 271 g/mol. The number of imidazole rings is 1. The second-order valence-electron chi connectivity index (χ2n) is 3.66. The number of sulfonamides is 1. The van der Waals surface area contributed by atoms with Crippen LogP contribution in [0.2, 0.25) is 0 Å². The molecular weight excluding hydrogens is 258 g/mol. The van der Waals surface area contributed by atoms with Crippen LogP contribution in [-0.4, -0.2) is 23.1 Å². The lowest BCUT2D eigenvalue weighted by molar-refractivity contribution is 0.236. The third-order valence-electron chi connectivity index (χ3n) is 2.40. The average molecular weight is 271 g/mol. The maximum atomic E-state index is 11.8. The standard InChI is InChI=1S/C10H13N3O4S/c1-13-5-4-11-9(13)6-12-18(15,16)10-3-2-8(7-14)17-10/h2-5,12,14H,6-7H2,1H3. The van der Waals surface area contributed by atoms with E-state index in [0.717, 1.165) is 0 Å². The lowest BCUT2D eigenvalue weighted by Gasteiger charge is -2.04. The Balaban J connectivity index is 2.10. The van der Waals surface area contributed by atoms with Crippen molar-refractivity contribution in [3.8, 4) is 0 Å². The fraction of sp³-hybridized carbons (Fsp3) is 0.300. The number of furan rings is 1. The van der Waals surface area contributed by atoms with Gasteiger partial charge in [0, 0.05) is 19.4 Å². The molecule has 0 spiro atoms. The highest BCUT2D eigenvalue weighted by molar-refractivity contribution is 7.89. The van der Waals surface area contributed by atoms with Gasteiger partial charge in [0.05, 0.1) is 6.54 Å². The zero-order valence-corrected chi connectivity index (χ0v) is 10.5. The van der Waals surface area contributed by atoms with E-state index in [1.807, 2.05) is 0 Å². The fourth-order valence-electron chi connectivity index (χ4n) is 1.39. The Hall–Kier alpha value is -1.64. The Morgan fingerprint density at radius 2 is 2.28 bits per heavy atom. The summed E-state index contributed by atoms with van der Waals surface area (Å²) in [6.45, 7) is -0.268. The minimum absolute atomic E-state index is 0.0704. The van der Waals surface area contributed by atoms with Gasteiger partial charge in [0.1, 0.15) is 18.2 Å². The highest BCUT2D eigenvalue weighted by Crippen LogP contribution is 2.13. The number of nitrogens with one attached hydrogen (secondary N) is 1. The van der Waals surface area contributed by atoms with Crippen molar-refractivity contribution in [3.63, 3.8) is 0 Å². The van der Waals surface area contributed by atoms with Crippen LogP contribution in [0.25, 0.3) is 0 Å². The molecule has 0 unspecified atom stereocenters. The van der Waals surface area contributed by atoms with E-state index in [9.17, 15) is 8.42 Å². The number of aryl methyl sites for hydroxylation is 1. The Bertz CT molecular complexity index is 629. The normalized spacial score (nSPS) is 11.9. The van der Waals surface area contributed by atoms with Crippen LogP contribution in [-0.2, 0) is 30.2 Å². The summed E-state index contributed by atoms with van der Waals surface area (Å²) in [6.07, 6.45) is 3.31. The predicted molar refractivity (Wildman–Crippen MR) is 61.9 cm³/mol. The van der Waals surface area contributed by atoms with E-state index >= 15 is 0 Å². The Kier molecular flexibility index (Phi) is 3.50. The summed E-state index contributed by atoms with van der Waals surface area (Å²) in [5.74, 6) is 0.792. The Morgan fingerprint density at radius 3 is 2.83 bits per heavy atom. The lowest BCUT2D eigenvalue weighted by Crippen LogP contribution is -2.24. The number of hydrogen-bond acceptors (Lipinski definition) is 5. The van der Waals surface area contributed by atoms with Gasteiger partial charge in [-0.15, -0.1) is 0 Å². The number of aromatic nitrogens is 2. The highest BCUT2D eigenvalue weighted by atomic mass is 32.2. The van der Waals surface area contributed by atoms with Crippen molar-refractivity contribution in [2.75, 3.05) is 0 Å². The summed E-state index contributed by atoms with van der Waals surface area (Å²) in [7, 11) is -1.95. The molecular formula is C10H13N3O4S. The second kappa shape index (κ2) is 4.92. The minimum atomic E-state index is -3.72. The van der Waals surface area contributed by atoms with Crippen LogP contribution in [0.5, 0.6) is 0 Å². The summed E-state index contributed by atoms with van der Waals surface area (Å²) < 4.78 is 32.7. The summed E-state index contributed by atoms with van der Waals surface area (Å²) in [4.78, 5) is 4.00. The molecule has 0 aliphatic heterocycles. The van der Waals surface area contributed by atoms with Gasteiger partial charge in [-0.25, -0.2) is 18.1 Å². The van der Waals surface area contributed by atoms with E-state index in [1.165, 1.54) is 12.1 Å². The van der Waals surface area contributed by atoms with E-state index in [2.05, 4.69) is 9.71 Å². The molecule has 18 heavy (non-hydrogen) atoms. The summed E-state index contributed by atoms with van der Waals surface area (Å²) in [5.41, 5.74) is 0. The second-order valence-corrected chi connectivity index (χ2v) is 5.36. The first kappa shape index (κ1) is 12.8. The van der Waals surface area contributed by atoms with Crippen molar-refractivity contribution >= 4 is 10.0 Å². The average Bonchev–Trinajstić information content (AvgIpc) is 2.95. The van der Waals surface area contributed by atoms with Crippen molar-refractivity contribution in [3.05, 3.63) is 36.1 Å². The Morgan fingerprint density at radius 1 is 1.50 bits per heavy atom. The van der Waals surface area contributed by atoms with E-state index < -0.39 is 10.0 Å². The summed E-state index contributed by atoms with van der Waals surface area (Å²) in [6, 6.07) is 2.71. The Labute approximate surface area is 104 Å². The quantitative estimate of drug-likeness (QED) is 0.796. The number of hydrogen-bond donors (Lipinski definition) is 2. The molecule has 2 heterocycles. The van der Waals surface area contributed by atoms with Crippen LogP contribution in [0.3, 0.4) is 0 Å². The highest BCUT2D eigenvalue weighted by Gasteiger charge is 2.18. The molecule has 0 atom stereocenters. The molecule has 2 aromatic rings. The third kappa shape index (κ3) is 2.61. The molecule has 0 bridgehead atoms. The predicted octanol–water partition coefficient (Wildman–Crippen LogP) is -0.0161. The molecule has 0 saturated heterocycles. The fourth-order valence-corrected chi connectivity index (χ4v) is 2.31. The number of aliphatic hydroxyl groups excluding tert-OH is 1. The zero-order chi connectivity index (χ0) is 13.2. The van der Waals surface area contributed by atoms with Gasteiger partial charge in [-0.05, 0) is 12.1 Å². The lowest BCUT2D eigenvalue weighted by atomic mass is 10.5. The molecule has 7 nitrogen and oxygen atoms in total. The molecule has 0 aromatic carbocycles. The number of aliphatic hydroxyl groups is 1. The molecule has 2 N–H and O–H groups in total. The first-order valence-corrected chi connectivity index (χ1v) is 6.66. The van der Waals surface area contributed by atoms with Gasteiger partial charge in [-0.1, -0.05) is 0 Å². The molecule has 8 heteroatoms. The first-order valence-electron chi connectivity index (χ1n) is 5.18. The molecule has 0 radical (unpaired) electrons. The summed E-state index contributed by atoms with van der Waals surface area (Å²) >= 11 is 0. The number of nitrogens with zero attached hydrogens (tertiary/aromatic N) is 2. The molecule has 0 aliphatic rings. The van der Waals surface area contributed by atoms with E-state index in [0.29, 0.717) is 5.82 Å². The van der Waals surface area contributed by atoms with Crippen molar-refractivity contribution in [1.29, 1.82) is 0 Å². The van der Waals surface area contributed by atoms with Crippen LogP contribution in [0, 0.1) is 0 Å². The smallest absolute Gasteiger partial charge is 0.274 e. The van der Waals surface area contributed by atoms with Gasteiger partial charge < -0.3 is 14.1 Å². The molecule has 98 valence electrons. The molecule has 0 saturated carbocycles. The van der Waals surface area contributed by atoms with Crippen LogP contribution >= 0.6 is 0 Å². The molecule has 0 amide bonds. The van der Waals surface area contributed by atoms with E-state index in [1.54, 1.807) is 24.0 Å². The van der Waals surface area contributed by atoms with Crippen LogP contribution in [0.15, 0.2) is 34.0 Å². The van der Waals surface area contributed by atoms with Gasteiger partial charge in [0.15, 0.2) is 0 Å².